The zero-order valence-corrected chi connectivity index (χ0v) is 19.4. The molecule has 7 nitrogen and oxygen atoms in total. The fourth-order valence-corrected chi connectivity index (χ4v) is 5.40. The molecule has 0 saturated carbocycles. The molecule has 0 aromatic heterocycles. The molecule has 1 aliphatic heterocycles. The van der Waals surface area contributed by atoms with Gasteiger partial charge in [-0.15, -0.1) is 0 Å². The maximum Gasteiger partial charge on any atom is 0.254 e. The number of fused-ring (bicyclic) bond motifs is 1. The molecule has 168 valence electrons. The van der Waals surface area contributed by atoms with E-state index in [0.717, 1.165) is 5.56 Å². The van der Waals surface area contributed by atoms with Gasteiger partial charge in [-0.25, -0.2) is 8.42 Å². The third-order valence-corrected chi connectivity index (χ3v) is 7.63. The number of carbonyl (C=O) groups is 1. The number of amides is 1. The number of carbonyl (C=O) groups excluding carboxylic acids is 1. The summed E-state index contributed by atoms with van der Waals surface area (Å²) in [7, 11) is -3.67. The molecule has 0 unspecified atom stereocenters. The number of hydrogen-bond acceptors (Lipinski definition) is 5. The highest BCUT2D eigenvalue weighted by atomic mass is 32.2. The third-order valence-electron chi connectivity index (χ3n) is 5.44. The third kappa shape index (κ3) is 4.70. The Bertz CT molecular complexity index is 1050. The molecule has 0 N–H and O–H groups in total. The average molecular weight is 447 g/mol. The van der Waals surface area contributed by atoms with Crippen molar-refractivity contribution in [1.82, 2.24) is 9.21 Å². The van der Waals surface area contributed by atoms with Crippen LogP contribution in [0.2, 0.25) is 0 Å². The van der Waals surface area contributed by atoms with Crippen molar-refractivity contribution in [3.63, 3.8) is 0 Å². The normalized spacial score (nSPS) is 13.3. The largest absolute Gasteiger partial charge is 0.486 e. The Morgan fingerprint density at radius 3 is 2.39 bits per heavy atom. The lowest BCUT2D eigenvalue weighted by atomic mass is 10.1. The minimum atomic E-state index is -3.67. The first-order chi connectivity index (χ1) is 14.8. The monoisotopic (exact) mass is 446 g/mol. The van der Waals surface area contributed by atoms with Crippen molar-refractivity contribution < 1.29 is 22.7 Å². The van der Waals surface area contributed by atoms with Gasteiger partial charge in [0.2, 0.25) is 10.0 Å². The second-order valence-electron chi connectivity index (χ2n) is 7.33. The fourth-order valence-electron chi connectivity index (χ4n) is 3.69. The van der Waals surface area contributed by atoms with Gasteiger partial charge in [0.05, 0.1) is 4.90 Å². The highest BCUT2D eigenvalue weighted by Crippen LogP contribution is 2.34. The van der Waals surface area contributed by atoms with Crippen molar-refractivity contribution >= 4 is 15.9 Å². The van der Waals surface area contributed by atoms with E-state index in [9.17, 15) is 13.2 Å². The topological polar surface area (TPSA) is 76.1 Å². The lowest BCUT2D eigenvalue weighted by Gasteiger charge is -2.26. The number of hydrogen-bond donors (Lipinski definition) is 0. The Morgan fingerprint density at radius 2 is 1.71 bits per heavy atom. The summed E-state index contributed by atoms with van der Waals surface area (Å²) in [5.74, 6) is 1.11. The molecule has 0 aliphatic carbocycles. The number of ether oxygens (including phenoxy) is 2. The molecule has 2 aromatic rings. The molecule has 0 spiro atoms. The van der Waals surface area contributed by atoms with E-state index in [0.29, 0.717) is 62.0 Å². The predicted octanol–water partition coefficient (Wildman–Crippen LogP) is 3.46. The zero-order chi connectivity index (χ0) is 22.6. The molecule has 2 aromatic carbocycles. The van der Waals surface area contributed by atoms with Crippen LogP contribution < -0.4 is 9.47 Å². The van der Waals surface area contributed by atoms with Crippen molar-refractivity contribution in [2.75, 3.05) is 32.8 Å². The summed E-state index contributed by atoms with van der Waals surface area (Å²) in [4.78, 5) is 15.1. The summed E-state index contributed by atoms with van der Waals surface area (Å²) in [6, 6.07) is 10.5. The van der Waals surface area contributed by atoms with Gasteiger partial charge < -0.3 is 14.4 Å². The highest BCUT2D eigenvalue weighted by molar-refractivity contribution is 7.89. The van der Waals surface area contributed by atoms with E-state index in [-0.39, 0.29) is 10.8 Å². The average Bonchev–Trinajstić information content (AvgIpc) is 2.78. The van der Waals surface area contributed by atoms with Crippen LogP contribution in [0.3, 0.4) is 0 Å². The summed E-state index contributed by atoms with van der Waals surface area (Å²) in [5.41, 5.74) is 1.82. The maximum absolute atomic E-state index is 13.3. The van der Waals surface area contributed by atoms with Gasteiger partial charge in [0.1, 0.15) is 13.2 Å². The van der Waals surface area contributed by atoms with Crippen LogP contribution in [0, 0.1) is 6.92 Å². The standard InChI is InChI=1S/C23H30N2O5S/c1-5-24(16-19-9-8-10-20-22(19)30-14-13-29-20)23(26)18-12-11-17(4)21(15-18)31(27,28)25(6-2)7-3/h8-12,15H,5-7,13-14,16H2,1-4H3. The number of benzene rings is 2. The minimum absolute atomic E-state index is 0.173. The number of para-hydroxylation sites is 1. The molecule has 0 radical (unpaired) electrons. The first-order valence-corrected chi connectivity index (χ1v) is 12.0. The van der Waals surface area contributed by atoms with Gasteiger partial charge in [-0.3, -0.25) is 4.79 Å². The highest BCUT2D eigenvalue weighted by Gasteiger charge is 2.26. The zero-order valence-electron chi connectivity index (χ0n) is 18.6. The van der Waals surface area contributed by atoms with Crippen molar-refractivity contribution in [1.29, 1.82) is 0 Å². The van der Waals surface area contributed by atoms with Crippen molar-refractivity contribution in [2.24, 2.45) is 0 Å². The minimum Gasteiger partial charge on any atom is -0.486 e. The summed E-state index contributed by atoms with van der Waals surface area (Å²) in [6.07, 6.45) is 0. The molecule has 8 heteroatoms. The van der Waals surface area contributed by atoms with Crippen LogP contribution >= 0.6 is 0 Å². The molecular formula is C23H30N2O5S. The second kappa shape index (κ2) is 9.70. The Morgan fingerprint density at radius 1 is 1.00 bits per heavy atom. The second-order valence-corrected chi connectivity index (χ2v) is 9.24. The molecule has 0 atom stereocenters. The van der Waals surface area contributed by atoms with Crippen molar-refractivity contribution in [2.45, 2.75) is 39.1 Å². The van der Waals surface area contributed by atoms with E-state index in [1.807, 2.05) is 25.1 Å². The van der Waals surface area contributed by atoms with Crippen LogP contribution in [-0.2, 0) is 16.6 Å². The van der Waals surface area contributed by atoms with E-state index >= 15 is 0 Å². The molecular weight excluding hydrogens is 416 g/mol. The van der Waals surface area contributed by atoms with Crippen LogP contribution in [0.25, 0.3) is 0 Å². The predicted molar refractivity (Wildman–Crippen MR) is 119 cm³/mol. The van der Waals surface area contributed by atoms with Crippen LogP contribution in [0.4, 0.5) is 0 Å². The van der Waals surface area contributed by atoms with E-state index in [2.05, 4.69) is 0 Å². The Kier molecular flexibility index (Phi) is 7.23. The number of aryl methyl sites for hydroxylation is 1. The van der Waals surface area contributed by atoms with E-state index < -0.39 is 10.0 Å². The van der Waals surface area contributed by atoms with E-state index in [1.165, 1.54) is 10.4 Å². The molecule has 31 heavy (non-hydrogen) atoms. The Labute approximate surface area is 184 Å². The lowest BCUT2D eigenvalue weighted by Crippen LogP contribution is -2.33. The van der Waals surface area contributed by atoms with Crippen LogP contribution in [0.15, 0.2) is 41.3 Å². The fraction of sp³-hybridized carbons (Fsp3) is 0.435. The first kappa shape index (κ1) is 23.1. The molecule has 0 fully saturated rings. The molecule has 0 saturated heterocycles. The first-order valence-electron chi connectivity index (χ1n) is 10.6. The van der Waals surface area contributed by atoms with Gasteiger partial charge in [0.25, 0.3) is 5.91 Å². The summed E-state index contributed by atoms with van der Waals surface area (Å²) < 4.78 is 38.9. The molecule has 3 rings (SSSR count). The number of nitrogens with zero attached hydrogens (tertiary/aromatic N) is 2. The molecule has 1 aliphatic rings. The van der Waals surface area contributed by atoms with Crippen molar-refractivity contribution in [3.05, 3.63) is 53.1 Å². The molecule has 1 heterocycles. The van der Waals surface area contributed by atoms with Gasteiger partial charge in [0, 0.05) is 37.3 Å². The summed E-state index contributed by atoms with van der Waals surface area (Å²) >= 11 is 0. The van der Waals surface area contributed by atoms with Gasteiger partial charge in [-0.05, 0) is 37.6 Å². The maximum atomic E-state index is 13.3. The Hall–Kier alpha value is -2.58. The summed E-state index contributed by atoms with van der Waals surface area (Å²) in [6.45, 7) is 9.77. The summed E-state index contributed by atoms with van der Waals surface area (Å²) in [5, 5.41) is 0. The van der Waals surface area contributed by atoms with Gasteiger partial charge in [-0.2, -0.15) is 4.31 Å². The van der Waals surface area contributed by atoms with Crippen LogP contribution in [0.5, 0.6) is 11.5 Å². The van der Waals surface area contributed by atoms with Gasteiger partial charge >= 0.3 is 0 Å². The molecule has 0 bridgehead atoms. The van der Waals surface area contributed by atoms with E-state index in [1.54, 1.807) is 37.8 Å². The quantitative estimate of drug-likeness (QED) is 0.621. The smallest absolute Gasteiger partial charge is 0.254 e. The lowest BCUT2D eigenvalue weighted by molar-refractivity contribution is 0.0749. The van der Waals surface area contributed by atoms with Crippen LogP contribution in [-0.4, -0.2) is 56.4 Å². The van der Waals surface area contributed by atoms with Crippen molar-refractivity contribution in [3.8, 4) is 11.5 Å². The van der Waals surface area contributed by atoms with Gasteiger partial charge in [0.15, 0.2) is 11.5 Å². The van der Waals surface area contributed by atoms with E-state index in [4.69, 9.17) is 9.47 Å². The SMILES string of the molecule is CCN(Cc1cccc2c1OCCO2)C(=O)c1ccc(C)c(S(=O)(=O)N(CC)CC)c1. The number of sulfonamides is 1. The Balaban J connectivity index is 1.91. The molecule has 1 amide bonds. The van der Waals surface area contributed by atoms with Crippen LogP contribution in [0.1, 0.15) is 42.3 Å². The number of rotatable bonds is 8. The van der Waals surface area contributed by atoms with Gasteiger partial charge in [-0.1, -0.05) is 32.0 Å².